The van der Waals surface area contributed by atoms with Gasteiger partial charge >= 0.3 is 6.03 Å². The topological polar surface area (TPSA) is 108 Å². The minimum Gasteiger partial charge on any atom is -0.457 e. The Balaban J connectivity index is 1.14. The van der Waals surface area contributed by atoms with E-state index in [-0.39, 0.29) is 6.03 Å². The Labute approximate surface area is 196 Å². The van der Waals surface area contributed by atoms with Gasteiger partial charge in [0.05, 0.1) is 17.0 Å². The first-order valence-electron chi connectivity index (χ1n) is 10.9. The minimum atomic E-state index is -0.198. The molecule has 0 radical (unpaired) electrons. The lowest BCUT2D eigenvalue weighted by molar-refractivity contribution is 0.143. The van der Waals surface area contributed by atoms with E-state index in [0.717, 1.165) is 30.9 Å². The summed E-state index contributed by atoms with van der Waals surface area (Å²) in [5.74, 6) is 1.82. The predicted octanol–water partition coefficient (Wildman–Crippen LogP) is 4.24. The molecule has 5 rings (SSSR count). The number of amides is 2. The molecule has 0 bridgehead atoms. The molecule has 4 aromatic rings. The lowest BCUT2D eigenvalue weighted by Gasteiger charge is -2.34. The number of anilines is 1. The second-order valence-electron chi connectivity index (χ2n) is 7.97. The number of benzene rings is 2. The van der Waals surface area contributed by atoms with Crippen LogP contribution in [0.25, 0.3) is 11.1 Å². The Morgan fingerprint density at radius 1 is 1.06 bits per heavy atom. The van der Waals surface area contributed by atoms with Gasteiger partial charge in [-0.2, -0.15) is 5.26 Å². The number of rotatable bonds is 5. The highest BCUT2D eigenvalue weighted by Gasteiger charge is 2.23. The second kappa shape index (κ2) is 9.60. The van der Waals surface area contributed by atoms with Crippen molar-refractivity contribution in [3.8, 4) is 17.6 Å². The van der Waals surface area contributed by atoms with Crippen molar-refractivity contribution in [2.24, 2.45) is 0 Å². The van der Waals surface area contributed by atoms with Gasteiger partial charge in [0.25, 0.3) is 5.71 Å². The summed E-state index contributed by atoms with van der Waals surface area (Å²) in [6.45, 7) is 3.51. The number of fused-ring (bicyclic) bond motifs is 1. The van der Waals surface area contributed by atoms with Gasteiger partial charge in [-0.1, -0.05) is 17.3 Å². The van der Waals surface area contributed by atoms with Gasteiger partial charge in [0, 0.05) is 38.9 Å². The average Bonchev–Trinajstić information content (AvgIpc) is 3.28. The Hall–Kier alpha value is -4.42. The average molecular weight is 454 g/mol. The first-order valence-corrected chi connectivity index (χ1v) is 10.9. The molecule has 3 heterocycles. The number of nitriles is 1. The van der Waals surface area contributed by atoms with E-state index in [0.29, 0.717) is 41.3 Å². The zero-order valence-corrected chi connectivity index (χ0v) is 18.3. The summed E-state index contributed by atoms with van der Waals surface area (Å²) >= 11 is 0. The number of carbonyl (C=O) groups is 1. The molecule has 1 fully saturated rings. The molecule has 1 saturated heterocycles. The number of nitrogens with zero attached hydrogens (tertiary/aromatic N) is 5. The highest BCUT2D eigenvalue weighted by atomic mass is 16.5. The van der Waals surface area contributed by atoms with Crippen molar-refractivity contribution in [1.29, 1.82) is 5.26 Å². The predicted molar refractivity (Wildman–Crippen MR) is 125 cm³/mol. The summed E-state index contributed by atoms with van der Waals surface area (Å²) in [7, 11) is 0. The molecule has 0 aliphatic carbocycles. The quantitative estimate of drug-likeness (QED) is 0.481. The Morgan fingerprint density at radius 2 is 1.88 bits per heavy atom. The van der Waals surface area contributed by atoms with Gasteiger partial charge in [-0.25, -0.2) is 9.78 Å². The molecule has 9 heteroatoms. The first kappa shape index (κ1) is 21.4. The van der Waals surface area contributed by atoms with Crippen molar-refractivity contribution in [2.45, 2.75) is 6.54 Å². The van der Waals surface area contributed by atoms with E-state index in [4.69, 9.17) is 14.5 Å². The number of hydrogen-bond donors (Lipinski definition) is 1. The molecule has 0 spiro atoms. The summed E-state index contributed by atoms with van der Waals surface area (Å²) in [5, 5.41) is 16.3. The van der Waals surface area contributed by atoms with E-state index in [2.05, 4.69) is 32.5 Å². The maximum Gasteiger partial charge on any atom is 0.323 e. The van der Waals surface area contributed by atoms with Crippen molar-refractivity contribution in [2.75, 3.05) is 31.5 Å². The second-order valence-corrected chi connectivity index (χ2v) is 7.97. The van der Waals surface area contributed by atoms with Gasteiger partial charge in [0.2, 0.25) is 0 Å². The zero-order valence-electron chi connectivity index (χ0n) is 18.3. The first-order chi connectivity index (χ1) is 16.7. The number of ether oxygens (including phenoxy) is 1. The molecule has 2 aromatic carbocycles. The van der Waals surface area contributed by atoms with Crippen molar-refractivity contribution in [3.63, 3.8) is 0 Å². The van der Waals surface area contributed by atoms with Crippen LogP contribution < -0.4 is 10.1 Å². The molecule has 0 saturated carbocycles. The van der Waals surface area contributed by atoms with E-state index in [1.807, 2.05) is 24.3 Å². The summed E-state index contributed by atoms with van der Waals surface area (Å²) in [6, 6.07) is 20.5. The summed E-state index contributed by atoms with van der Waals surface area (Å²) in [6.07, 6.45) is 1.62. The van der Waals surface area contributed by atoms with Crippen molar-refractivity contribution in [1.82, 2.24) is 19.9 Å². The van der Waals surface area contributed by atoms with Crippen LogP contribution in [0.5, 0.6) is 11.5 Å². The fourth-order valence-electron chi connectivity index (χ4n) is 3.86. The molecule has 1 aliphatic rings. The molecule has 9 nitrogen and oxygen atoms in total. The third-order valence-corrected chi connectivity index (χ3v) is 5.66. The van der Waals surface area contributed by atoms with Gasteiger partial charge in [-0.15, -0.1) is 0 Å². The summed E-state index contributed by atoms with van der Waals surface area (Å²) in [5.41, 5.74) is 2.12. The molecule has 0 atom stereocenters. The maximum atomic E-state index is 12.7. The molecule has 1 aliphatic heterocycles. The van der Waals surface area contributed by atoms with Gasteiger partial charge in [0.15, 0.2) is 5.82 Å². The fourth-order valence-corrected chi connectivity index (χ4v) is 3.86. The van der Waals surface area contributed by atoms with E-state index in [1.165, 1.54) is 0 Å². The van der Waals surface area contributed by atoms with Crippen molar-refractivity contribution < 1.29 is 14.1 Å². The van der Waals surface area contributed by atoms with Gasteiger partial charge in [-0.05, 0) is 54.1 Å². The van der Waals surface area contributed by atoms with Crippen LogP contribution >= 0.6 is 0 Å². The number of aromatic nitrogens is 2. The lowest BCUT2D eigenvalue weighted by Crippen LogP contribution is -2.49. The van der Waals surface area contributed by atoms with Gasteiger partial charge < -0.3 is 14.2 Å². The molecule has 1 N–H and O–H groups in total. The third kappa shape index (κ3) is 4.82. The van der Waals surface area contributed by atoms with E-state index < -0.39 is 0 Å². The van der Waals surface area contributed by atoms with Crippen LogP contribution in [0.2, 0.25) is 0 Å². The molecular weight excluding hydrogens is 432 g/mol. The van der Waals surface area contributed by atoms with E-state index in [9.17, 15) is 4.79 Å². The normalized spacial score (nSPS) is 14.0. The monoisotopic (exact) mass is 454 g/mol. The summed E-state index contributed by atoms with van der Waals surface area (Å²) in [4.78, 5) is 20.9. The number of carbonyl (C=O) groups excluding carboxylic acids is 1. The molecule has 2 aromatic heterocycles. The Kier molecular flexibility index (Phi) is 6.05. The van der Waals surface area contributed by atoms with Crippen LogP contribution in [0.1, 0.15) is 11.1 Å². The number of urea groups is 1. The van der Waals surface area contributed by atoms with Crippen LogP contribution in [0.15, 0.2) is 71.4 Å². The molecular formula is C25H22N6O3. The molecule has 170 valence electrons. The number of piperazine rings is 1. The molecule has 34 heavy (non-hydrogen) atoms. The van der Waals surface area contributed by atoms with E-state index >= 15 is 0 Å². The third-order valence-electron chi connectivity index (χ3n) is 5.66. The standard InChI is InChI=1S/C25H22N6O3/c26-16-18-6-8-20(9-7-18)33-21-4-1-3-19(15-21)17-30-11-13-31(14-12-30)25(32)28-23-22-5-2-10-27-24(22)34-29-23/h1-10,15H,11-14,17H2,(H,28,29,32). The number of pyridine rings is 1. The van der Waals surface area contributed by atoms with Crippen molar-refractivity contribution in [3.05, 3.63) is 78.0 Å². The lowest BCUT2D eigenvalue weighted by atomic mass is 10.2. The van der Waals surface area contributed by atoms with Crippen LogP contribution in [0.3, 0.4) is 0 Å². The zero-order chi connectivity index (χ0) is 23.3. The van der Waals surface area contributed by atoms with Crippen LogP contribution in [-0.4, -0.2) is 52.2 Å². The highest BCUT2D eigenvalue weighted by Crippen LogP contribution is 2.24. The van der Waals surface area contributed by atoms with Crippen LogP contribution in [0, 0.1) is 11.3 Å². The number of hydrogen-bond acceptors (Lipinski definition) is 7. The molecule has 0 unspecified atom stereocenters. The fraction of sp³-hybridized carbons (Fsp3) is 0.200. The molecule has 2 amide bonds. The maximum absolute atomic E-state index is 12.7. The highest BCUT2D eigenvalue weighted by molar-refractivity contribution is 5.97. The minimum absolute atomic E-state index is 0.198. The number of nitrogens with one attached hydrogen (secondary N) is 1. The summed E-state index contributed by atoms with van der Waals surface area (Å²) < 4.78 is 11.1. The van der Waals surface area contributed by atoms with Gasteiger partial charge in [0.1, 0.15) is 11.5 Å². The Morgan fingerprint density at radius 3 is 2.68 bits per heavy atom. The van der Waals surface area contributed by atoms with Crippen LogP contribution in [-0.2, 0) is 6.54 Å². The SMILES string of the molecule is N#Cc1ccc(Oc2cccc(CN3CCN(C(=O)Nc4noc5ncccc45)CC3)c2)cc1. The Bertz CT molecular complexity index is 1340. The van der Waals surface area contributed by atoms with Gasteiger partial charge in [-0.3, -0.25) is 10.2 Å². The van der Waals surface area contributed by atoms with Crippen molar-refractivity contribution >= 4 is 22.9 Å². The smallest absolute Gasteiger partial charge is 0.323 e. The van der Waals surface area contributed by atoms with Crippen LogP contribution in [0.4, 0.5) is 10.6 Å². The van der Waals surface area contributed by atoms with E-state index in [1.54, 1.807) is 41.4 Å². The largest absolute Gasteiger partial charge is 0.457 e.